The first kappa shape index (κ1) is 20.6. The molecule has 0 bridgehead atoms. The number of carbonyl (C=O) groups excluding carboxylic acids is 1. The molecule has 1 heterocycles. The Balaban J connectivity index is 1.53. The predicted octanol–water partition coefficient (Wildman–Crippen LogP) is 3.38. The minimum absolute atomic E-state index is 0.0877. The number of rotatable bonds is 7. The summed E-state index contributed by atoms with van der Waals surface area (Å²) in [4.78, 5) is 24.1. The highest BCUT2D eigenvalue weighted by Gasteiger charge is 2.06. The van der Waals surface area contributed by atoms with Crippen LogP contribution in [0.25, 0.3) is 11.3 Å². The zero-order chi connectivity index (χ0) is 20.8. The van der Waals surface area contributed by atoms with Crippen molar-refractivity contribution >= 4 is 17.5 Å². The SMILES string of the molecule is Cc1ccc(OCC(=O)NCCn2nc(-c3ccc(Cl)cc3)ccc2=O)cc1C. The standard InChI is InChI=1S/C22H22ClN3O3/c1-15-3-8-19(13-16(15)2)29-14-21(27)24-11-12-26-22(28)10-9-20(25-26)17-4-6-18(23)7-5-17/h3-10,13H,11-12,14H2,1-2H3,(H,24,27). The Morgan fingerprint density at radius 3 is 2.55 bits per heavy atom. The lowest BCUT2D eigenvalue weighted by atomic mass is 10.1. The molecular formula is C22H22ClN3O3. The number of aromatic nitrogens is 2. The van der Waals surface area contributed by atoms with E-state index in [4.69, 9.17) is 16.3 Å². The number of hydrogen-bond acceptors (Lipinski definition) is 4. The zero-order valence-electron chi connectivity index (χ0n) is 16.3. The zero-order valence-corrected chi connectivity index (χ0v) is 17.1. The average molecular weight is 412 g/mol. The van der Waals surface area contributed by atoms with Gasteiger partial charge in [0.1, 0.15) is 5.75 Å². The molecule has 7 heteroatoms. The minimum Gasteiger partial charge on any atom is -0.484 e. The van der Waals surface area contributed by atoms with E-state index in [1.54, 1.807) is 18.2 Å². The van der Waals surface area contributed by atoms with Crippen LogP contribution in [0.4, 0.5) is 0 Å². The number of nitrogens with zero attached hydrogens (tertiary/aromatic N) is 2. The highest BCUT2D eigenvalue weighted by atomic mass is 35.5. The smallest absolute Gasteiger partial charge is 0.266 e. The fourth-order valence-corrected chi connectivity index (χ4v) is 2.81. The maximum Gasteiger partial charge on any atom is 0.266 e. The molecule has 1 amide bonds. The Kier molecular flexibility index (Phi) is 6.67. The van der Waals surface area contributed by atoms with Gasteiger partial charge >= 0.3 is 0 Å². The van der Waals surface area contributed by atoms with Crippen LogP contribution in [0.15, 0.2) is 59.4 Å². The lowest BCUT2D eigenvalue weighted by molar-refractivity contribution is -0.123. The molecule has 0 aliphatic heterocycles. The third kappa shape index (κ3) is 5.68. The van der Waals surface area contributed by atoms with Gasteiger partial charge in [-0.25, -0.2) is 4.68 Å². The number of ether oxygens (including phenoxy) is 1. The molecular weight excluding hydrogens is 390 g/mol. The van der Waals surface area contributed by atoms with Crippen molar-refractivity contribution in [1.29, 1.82) is 0 Å². The number of halogens is 1. The number of benzene rings is 2. The molecule has 0 aliphatic rings. The molecule has 29 heavy (non-hydrogen) atoms. The van der Waals surface area contributed by atoms with Gasteiger partial charge in [0, 0.05) is 23.2 Å². The fraction of sp³-hybridized carbons (Fsp3) is 0.227. The van der Waals surface area contributed by atoms with Crippen LogP contribution in [0.5, 0.6) is 5.75 Å². The molecule has 3 rings (SSSR count). The van der Waals surface area contributed by atoms with Gasteiger partial charge in [0.05, 0.1) is 12.2 Å². The van der Waals surface area contributed by atoms with Gasteiger partial charge in [-0.3, -0.25) is 9.59 Å². The molecule has 0 spiro atoms. The van der Waals surface area contributed by atoms with Crippen LogP contribution in [0, 0.1) is 13.8 Å². The second-order valence-electron chi connectivity index (χ2n) is 6.67. The number of nitrogens with one attached hydrogen (secondary N) is 1. The Labute approximate surface area is 174 Å². The second kappa shape index (κ2) is 9.39. The Morgan fingerprint density at radius 2 is 1.83 bits per heavy atom. The molecule has 0 radical (unpaired) electrons. The molecule has 0 saturated carbocycles. The molecule has 0 fully saturated rings. The monoisotopic (exact) mass is 411 g/mol. The largest absolute Gasteiger partial charge is 0.484 e. The van der Waals surface area contributed by atoms with Crippen LogP contribution < -0.4 is 15.6 Å². The summed E-state index contributed by atoms with van der Waals surface area (Å²) in [5.41, 5.74) is 3.55. The third-order valence-electron chi connectivity index (χ3n) is 4.50. The molecule has 0 saturated heterocycles. The van der Waals surface area contributed by atoms with Crippen molar-refractivity contribution in [2.45, 2.75) is 20.4 Å². The highest BCUT2D eigenvalue weighted by molar-refractivity contribution is 6.30. The quantitative estimate of drug-likeness (QED) is 0.646. The first-order chi connectivity index (χ1) is 13.9. The van der Waals surface area contributed by atoms with E-state index in [0.717, 1.165) is 11.1 Å². The van der Waals surface area contributed by atoms with Gasteiger partial charge < -0.3 is 10.1 Å². The number of aryl methyl sites for hydroxylation is 2. The van der Waals surface area contributed by atoms with E-state index in [9.17, 15) is 9.59 Å². The summed E-state index contributed by atoms with van der Waals surface area (Å²) in [5, 5.41) is 7.73. The molecule has 150 valence electrons. The van der Waals surface area contributed by atoms with Gasteiger partial charge in [0.15, 0.2) is 6.61 Å². The number of amides is 1. The number of carbonyl (C=O) groups is 1. The summed E-state index contributed by atoms with van der Waals surface area (Å²) in [6.45, 7) is 4.45. The van der Waals surface area contributed by atoms with E-state index in [0.29, 0.717) is 16.5 Å². The van der Waals surface area contributed by atoms with Crippen molar-refractivity contribution in [3.8, 4) is 17.0 Å². The van der Waals surface area contributed by atoms with Gasteiger partial charge in [-0.15, -0.1) is 0 Å². The minimum atomic E-state index is -0.259. The van der Waals surface area contributed by atoms with E-state index in [2.05, 4.69) is 10.4 Å². The summed E-state index contributed by atoms with van der Waals surface area (Å²) in [7, 11) is 0. The first-order valence-electron chi connectivity index (χ1n) is 9.23. The average Bonchev–Trinajstić information content (AvgIpc) is 2.71. The van der Waals surface area contributed by atoms with Crippen LogP contribution >= 0.6 is 11.6 Å². The van der Waals surface area contributed by atoms with Crippen molar-refractivity contribution in [2.75, 3.05) is 13.2 Å². The van der Waals surface area contributed by atoms with Crippen LogP contribution in [0.3, 0.4) is 0 Å². The van der Waals surface area contributed by atoms with Gasteiger partial charge in [-0.1, -0.05) is 29.8 Å². The van der Waals surface area contributed by atoms with E-state index in [1.165, 1.54) is 16.3 Å². The summed E-state index contributed by atoms with van der Waals surface area (Å²) in [6.07, 6.45) is 0. The van der Waals surface area contributed by atoms with Gasteiger partial charge in [-0.2, -0.15) is 5.10 Å². The molecule has 1 aromatic heterocycles. The summed E-state index contributed by atoms with van der Waals surface area (Å²) < 4.78 is 6.84. The van der Waals surface area contributed by atoms with Crippen LogP contribution in [-0.4, -0.2) is 28.8 Å². The Hall–Kier alpha value is -3.12. The number of hydrogen-bond donors (Lipinski definition) is 1. The van der Waals surface area contributed by atoms with E-state index < -0.39 is 0 Å². The van der Waals surface area contributed by atoms with Crippen LogP contribution in [0.1, 0.15) is 11.1 Å². The van der Waals surface area contributed by atoms with Crippen molar-refractivity contribution in [1.82, 2.24) is 15.1 Å². The van der Waals surface area contributed by atoms with E-state index in [1.807, 2.05) is 44.2 Å². The Morgan fingerprint density at radius 1 is 1.07 bits per heavy atom. The first-order valence-corrected chi connectivity index (χ1v) is 9.61. The maximum absolute atomic E-state index is 12.0. The summed E-state index contributed by atoms with van der Waals surface area (Å²) in [5.74, 6) is 0.391. The van der Waals surface area contributed by atoms with Gasteiger partial charge in [0.2, 0.25) is 0 Å². The molecule has 0 unspecified atom stereocenters. The summed E-state index contributed by atoms with van der Waals surface area (Å²) >= 11 is 5.91. The third-order valence-corrected chi connectivity index (χ3v) is 4.75. The topological polar surface area (TPSA) is 73.2 Å². The van der Waals surface area contributed by atoms with Crippen molar-refractivity contribution in [2.24, 2.45) is 0 Å². The van der Waals surface area contributed by atoms with Gasteiger partial charge in [0.25, 0.3) is 11.5 Å². The molecule has 1 N–H and O–H groups in total. The van der Waals surface area contributed by atoms with Crippen molar-refractivity contribution < 1.29 is 9.53 Å². The normalized spacial score (nSPS) is 10.6. The highest BCUT2D eigenvalue weighted by Crippen LogP contribution is 2.18. The Bertz CT molecular complexity index is 1060. The molecule has 0 atom stereocenters. The predicted molar refractivity (Wildman–Crippen MR) is 113 cm³/mol. The molecule has 2 aromatic carbocycles. The van der Waals surface area contributed by atoms with Crippen LogP contribution in [-0.2, 0) is 11.3 Å². The molecule has 6 nitrogen and oxygen atoms in total. The maximum atomic E-state index is 12.0. The lowest BCUT2D eigenvalue weighted by Crippen LogP contribution is -2.34. The van der Waals surface area contributed by atoms with Gasteiger partial charge in [-0.05, 0) is 55.3 Å². The molecule has 3 aromatic rings. The fourth-order valence-electron chi connectivity index (χ4n) is 2.69. The second-order valence-corrected chi connectivity index (χ2v) is 7.11. The summed E-state index contributed by atoms with van der Waals surface area (Å²) in [6, 6.07) is 16.0. The van der Waals surface area contributed by atoms with E-state index in [-0.39, 0.29) is 31.2 Å². The molecule has 0 aliphatic carbocycles. The van der Waals surface area contributed by atoms with Crippen molar-refractivity contribution in [3.05, 3.63) is 81.1 Å². The van der Waals surface area contributed by atoms with E-state index >= 15 is 0 Å². The van der Waals surface area contributed by atoms with Crippen molar-refractivity contribution in [3.63, 3.8) is 0 Å². The van der Waals surface area contributed by atoms with Crippen LogP contribution in [0.2, 0.25) is 5.02 Å². The lowest BCUT2D eigenvalue weighted by Gasteiger charge is -2.10.